The highest BCUT2D eigenvalue weighted by Gasteiger charge is 2.34. The molecule has 0 aromatic heterocycles. The lowest BCUT2D eigenvalue weighted by Gasteiger charge is -2.39. The summed E-state index contributed by atoms with van der Waals surface area (Å²) in [5, 5.41) is 18.2. The standard InChI is InChI=1S/C13H12BrF3N2O4/c14-9-8(15)3-7(10(16)11(9)17)12(21)19-2-1-18(13(22)23)4-6(19)5-20/h3,6,20H,1-2,4-5H2,(H,22,23)/t6-/m1/s1. The second-order valence-corrected chi connectivity index (χ2v) is 5.70. The molecule has 1 aromatic carbocycles. The third-order valence-electron chi connectivity index (χ3n) is 3.56. The quantitative estimate of drug-likeness (QED) is 0.588. The second kappa shape index (κ2) is 6.75. The predicted molar refractivity (Wildman–Crippen MR) is 75.5 cm³/mol. The van der Waals surface area contributed by atoms with E-state index in [-0.39, 0.29) is 19.6 Å². The molecule has 6 nitrogen and oxygen atoms in total. The highest BCUT2D eigenvalue weighted by molar-refractivity contribution is 9.10. The molecule has 1 aliphatic rings. The number of hydrogen-bond acceptors (Lipinski definition) is 3. The van der Waals surface area contributed by atoms with Gasteiger partial charge in [-0.1, -0.05) is 0 Å². The molecule has 10 heteroatoms. The highest BCUT2D eigenvalue weighted by atomic mass is 79.9. The normalized spacial score (nSPS) is 18.2. The fourth-order valence-corrected chi connectivity index (χ4v) is 2.62. The zero-order valence-corrected chi connectivity index (χ0v) is 13.2. The van der Waals surface area contributed by atoms with E-state index in [0.29, 0.717) is 6.07 Å². The summed E-state index contributed by atoms with van der Waals surface area (Å²) in [6, 6.07) is -0.371. The molecule has 2 rings (SSSR count). The Balaban J connectivity index is 2.32. The van der Waals surface area contributed by atoms with Crippen LogP contribution < -0.4 is 0 Å². The van der Waals surface area contributed by atoms with Crippen LogP contribution in [0.1, 0.15) is 10.4 Å². The van der Waals surface area contributed by atoms with Crippen molar-refractivity contribution < 1.29 is 33.0 Å². The van der Waals surface area contributed by atoms with Gasteiger partial charge in [0.2, 0.25) is 0 Å². The summed E-state index contributed by atoms with van der Waals surface area (Å²) in [5.41, 5.74) is -0.814. The molecule has 126 valence electrons. The SMILES string of the molecule is O=C(O)N1CCN(C(=O)c2cc(F)c(Br)c(F)c2F)[C@@H](CO)C1. The number of benzene rings is 1. The molecule has 0 bridgehead atoms. The molecule has 1 fully saturated rings. The molecule has 2 N–H and O–H groups in total. The van der Waals surface area contributed by atoms with Crippen molar-refractivity contribution in [3.63, 3.8) is 0 Å². The number of amides is 2. The van der Waals surface area contributed by atoms with Crippen molar-refractivity contribution >= 4 is 27.9 Å². The predicted octanol–water partition coefficient (Wildman–Crippen LogP) is 1.66. The lowest BCUT2D eigenvalue weighted by atomic mass is 10.1. The number of carbonyl (C=O) groups is 2. The second-order valence-electron chi connectivity index (χ2n) is 4.91. The zero-order chi connectivity index (χ0) is 17.3. The van der Waals surface area contributed by atoms with Gasteiger partial charge in [0.25, 0.3) is 5.91 Å². The summed E-state index contributed by atoms with van der Waals surface area (Å²) in [6.45, 7) is -0.935. The molecule has 1 heterocycles. The number of halogens is 4. The summed E-state index contributed by atoms with van der Waals surface area (Å²) >= 11 is 2.53. The molecule has 0 saturated carbocycles. The van der Waals surface area contributed by atoms with Gasteiger partial charge in [-0.15, -0.1) is 0 Å². The largest absolute Gasteiger partial charge is 0.465 e. The first-order valence-corrected chi connectivity index (χ1v) is 7.29. The van der Waals surface area contributed by atoms with E-state index >= 15 is 0 Å². The van der Waals surface area contributed by atoms with Gasteiger partial charge in [0, 0.05) is 19.6 Å². The molecule has 0 radical (unpaired) electrons. The van der Waals surface area contributed by atoms with Gasteiger partial charge in [0.05, 0.1) is 22.7 Å². The first-order chi connectivity index (χ1) is 10.8. The summed E-state index contributed by atoms with van der Waals surface area (Å²) < 4.78 is 40.3. The van der Waals surface area contributed by atoms with Crippen LogP contribution in [-0.4, -0.2) is 64.3 Å². The first kappa shape index (κ1) is 17.5. The molecule has 1 atom stereocenters. The average molecular weight is 397 g/mol. The summed E-state index contributed by atoms with van der Waals surface area (Å²) in [7, 11) is 0. The Labute approximate surface area is 137 Å². The lowest BCUT2D eigenvalue weighted by molar-refractivity contribution is 0.0305. The van der Waals surface area contributed by atoms with E-state index < -0.39 is 52.1 Å². The molecule has 0 spiro atoms. The van der Waals surface area contributed by atoms with Gasteiger partial charge in [0.1, 0.15) is 5.82 Å². The van der Waals surface area contributed by atoms with Crippen molar-refractivity contribution in [2.75, 3.05) is 26.2 Å². The van der Waals surface area contributed by atoms with Crippen LogP contribution in [-0.2, 0) is 0 Å². The number of nitrogens with zero attached hydrogens (tertiary/aromatic N) is 2. The summed E-state index contributed by atoms with van der Waals surface area (Å²) in [6.07, 6.45) is -1.22. The van der Waals surface area contributed by atoms with Crippen molar-refractivity contribution in [2.24, 2.45) is 0 Å². The van der Waals surface area contributed by atoms with Crippen molar-refractivity contribution in [3.8, 4) is 0 Å². The van der Waals surface area contributed by atoms with E-state index in [1.807, 2.05) is 0 Å². The van der Waals surface area contributed by atoms with E-state index in [1.54, 1.807) is 0 Å². The molecule has 2 amide bonds. The van der Waals surface area contributed by atoms with Crippen molar-refractivity contribution in [2.45, 2.75) is 6.04 Å². The minimum Gasteiger partial charge on any atom is -0.465 e. The van der Waals surface area contributed by atoms with Crippen molar-refractivity contribution in [1.82, 2.24) is 9.80 Å². The number of aliphatic hydroxyl groups is 1. The monoisotopic (exact) mass is 396 g/mol. The van der Waals surface area contributed by atoms with E-state index in [0.717, 1.165) is 9.80 Å². The third kappa shape index (κ3) is 3.27. The van der Waals surface area contributed by atoms with Gasteiger partial charge in [-0.2, -0.15) is 0 Å². The first-order valence-electron chi connectivity index (χ1n) is 6.50. The Morgan fingerprint density at radius 1 is 1.26 bits per heavy atom. The van der Waals surface area contributed by atoms with E-state index in [2.05, 4.69) is 15.9 Å². The smallest absolute Gasteiger partial charge is 0.407 e. The third-order valence-corrected chi connectivity index (χ3v) is 4.28. The van der Waals surface area contributed by atoms with Crippen LogP contribution in [0.2, 0.25) is 0 Å². The molecular formula is C13H12BrF3N2O4. The minimum atomic E-state index is -1.53. The molecule has 1 saturated heterocycles. The zero-order valence-electron chi connectivity index (χ0n) is 11.6. The van der Waals surface area contributed by atoms with Gasteiger partial charge in [-0.3, -0.25) is 4.79 Å². The van der Waals surface area contributed by atoms with Gasteiger partial charge in [0.15, 0.2) is 11.6 Å². The number of carboxylic acid groups (broad SMARTS) is 1. The van der Waals surface area contributed by atoms with Gasteiger partial charge in [-0.05, 0) is 22.0 Å². The van der Waals surface area contributed by atoms with Gasteiger partial charge < -0.3 is 20.0 Å². The Morgan fingerprint density at radius 3 is 2.48 bits per heavy atom. The Hall–Kier alpha value is -1.81. The summed E-state index contributed by atoms with van der Waals surface area (Å²) in [4.78, 5) is 25.3. The number of rotatable bonds is 2. The van der Waals surface area contributed by atoms with Crippen LogP contribution in [0.5, 0.6) is 0 Å². The number of aliphatic hydroxyl groups excluding tert-OH is 1. The Bertz CT molecular complexity index is 659. The maximum atomic E-state index is 13.9. The fraction of sp³-hybridized carbons (Fsp3) is 0.385. The van der Waals surface area contributed by atoms with E-state index in [9.17, 15) is 27.9 Å². The van der Waals surface area contributed by atoms with Gasteiger partial charge >= 0.3 is 6.09 Å². The Morgan fingerprint density at radius 2 is 1.91 bits per heavy atom. The Kier molecular flexibility index (Phi) is 5.15. The average Bonchev–Trinajstić information content (AvgIpc) is 2.54. The number of carbonyl (C=O) groups excluding carboxylic acids is 1. The number of piperazine rings is 1. The topological polar surface area (TPSA) is 81.1 Å². The molecule has 1 aromatic rings. The molecule has 0 aliphatic carbocycles. The van der Waals surface area contributed by atoms with Crippen LogP contribution in [0.3, 0.4) is 0 Å². The fourth-order valence-electron chi connectivity index (χ4n) is 2.34. The lowest BCUT2D eigenvalue weighted by Crippen LogP contribution is -2.57. The van der Waals surface area contributed by atoms with E-state index in [4.69, 9.17) is 5.11 Å². The highest BCUT2D eigenvalue weighted by Crippen LogP contribution is 2.26. The summed E-state index contributed by atoms with van der Waals surface area (Å²) in [5.74, 6) is -5.20. The van der Waals surface area contributed by atoms with Crippen LogP contribution in [0.15, 0.2) is 10.5 Å². The molecule has 23 heavy (non-hydrogen) atoms. The maximum Gasteiger partial charge on any atom is 0.407 e. The molecule has 0 unspecified atom stereocenters. The van der Waals surface area contributed by atoms with E-state index in [1.165, 1.54) is 0 Å². The van der Waals surface area contributed by atoms with Crippen LogP contribution in [0, 0.1) is 17.5 Å². The van der Waals surface area contributed by atoms with Crippen LogP contribution in [0.4, 0.5) is 18.0 Å². The van der Waals surface area contributed by atoms with Crippen molar-refractivity contribution in [1.29, 1.82) is 0 Å². The van der Waals surface area contributed by atoms with Crippen LogP contribution in [0.25, 0.3) is 0 Å². The molecule has 1 aliphatic heterocycles. The van der Waals surface area contributed by atoms with Gasteiger partial charge in [-0.25, -0.2) is 18.0 Å². The van der Waals surface area contributed by atoms with Crippen molar-refractivity contribution in [3.05, 3.63) is 33.6 Å². The minimum absolute atomic E-state index is 0.0549. The number of hydrogen-bond donors (Lipinski definition) is 2. The maximum absolute atomic E-state index is 13.9. The molecular weight excluding hydrogens is 385 g/mol. The van der Waals surface area contributed by atoms with Crippen LogP contribution >= 0.6 is 15.9 Å².